The van der Waals surface area contributed by atoms with Crippen molar-refractivity contribution < 1.29 is 54.4 Å². The van der Waals surface area contributed by atoms with Gasteiger partial charge < -0.3 is 37.8 Å². The van der Waals surface area contributed by atoms with E-state index in [4.69, 9.17) is 22.1 Å². The average Bonchev–Trinajstić information content (AvgIpc) is 1.73. The van der Waals surface area contributed by atoms with Crippen molar-refractivity contribution in [1.82, 2.24) is 13.7 Å². The number of aryl methyl sites for hydroxylation is 3. The molecular weight excluding hydrogens is 1270 g/mol. The molecule has 0 aliphatic carbocycles. The number of aliphatic hydroxyl groups is 1. The Hall–Kier alpha value is -8.20. The van der Waals surface area contributed by atoms with Gasteiger partial charge >= 0.3 is 17.3 Å². The van der Waals surface area contributed by atoms with E-state index in [1.165, 1.54) is 16.7 Å². The van der Waals surface area contributed by atoms with Gasteiger partial charge in [0.1, 0.15) is 34.4 Å². The van der Waals surface area contributed by atoms with Gasteiger partial charge in [-0.2, -0.15) is 0 Å². The van der Waals surface area contributed by atoms with Gasteiger partial charge in [-0.05, 0) is 181 Å². The van der Waals surface area contributed by atoms with E-state index in [1.807, 2.05) is 45.0 Å². The Balaban J connectivity index is 0.000000182. The predicted octanol–water partition coefficient (Wildman–Crippen LogP) is 15.9. The number of oxazole rings is 3. The number of nitrogens with one attached hydrogen (secondary N) is 2. The maximum absolute atomic E-state index is 13.9. The van der Waals surface area contributed by atoms with Gasteiger partial charge in [0.15, 0.2) is 33.4 Å². The second-order valence-electron chi connectivity index (χ2n) is 25.1. The van der Waals surface area contributed by atoms with E-state index in [-0.39, 0.29) is 29.0 Å². The quantitative estimate of drug-likeness (QED) is 0.0613. The van der Waals surface area contributed by atoms with Crippen molar-refractivity contribution in [3.63, 3.8) is 0 Å². The Bertz CT molecular complexity index is 4480. The highest BCUT2D eigenvalue weighted by molar-refractivity contribution is 9.10. The molecule has 0 unspecified atom stereocenters. The molecule has 0 radical (unpaired) electrons. The molecule has 3 heterocycles. The number of benzene rings is 7. The lowest BCUT2D eigenvalue weighted by atomic mass is 9.99. The van der Waals surface area contributed by atoms with Crippen LogP contribution in [0.1, 0.15) is 78.9 Å². The number of fused-ring (bicyclic) bond motifs is 3. The molecule has 16 nitrogen and oxygen atoms in total. The number of amides is 2. The minimum absolute atomic E-state index is 0.0652. The molecule has 0 saturated heterocycles. The molecule has 23 heteroatoms. The number of carbonyl (C=O) groups excluding carboxylic acids is 2. The number of aromatic nitrogens is 3. The van der Waals surface area contributed by atoms with E-state index in [2.05, 4.69) is 94.3 Å². The molecule has 0 fully saturated rings. The largest absolute Gasteiger partial charge is 0.420 e. The Kier molecular flexibility index (Phi) is 20.9. The summed E-state index contributed by atoms with van der Waals surface area (Å²) in [6.07, 6.45) is 0. The number of aliphatic hydroxyl groups excluding tert-OH is 1. The molecule has 0 bridgehead atoms. The number of hydrogen-bond acceptors (Lipinski definition) is 11. The van der Waals surface area contributed by atoms with Crippen molar-refractivity contribution in [1.29, 1.82) is 0 Å². The van der Waals surface area contributed by atoms with Crippen LogP contribution in [-0.4, -0.2) is 67.1 Å². The number of hydrogen-bond donors (Lipinski definition) is 3. The van der Waals surface area contributed by atoms with E-state index >= 15 is 0 Å². The number of anilines is 2. The molecule has 10 rings (SSSR count). The van der Waals surface area contributed by atoms with Gasteiger partial charge in [-0.15, -0.1) is 0 Å². The number of carbonyl (C=O) groups is 2. The Labute approximate surface area is 533 Å². The third-order valence-electron chi connectivity index (χ3n) is 16.8. The summed E-state index contributed by atoms with van der Waals surface area (Å²) in [5, 5.41) is 14.4. The Morgan fingerprint density at radius 2 is 0.824 bits per heavy atom. The van der Waals surface area contributed by atoms with Crippen molar-refractivity contribution in [2.45, 2.75) is 118 Å². The normalized spacial score (nSPS) is 12.0. The highest BCUT2D eigenvalue weighted by atomic mass is 79.9. The highest BCUT2D eigenvalue weighted by Gasteiger charge is 2.38. The van der Waals surface area contributed by atoms with Gasteiger partial charge in [0, 0.05) is 15.8 Å². The predicted molar refractivity (Wildman–Crippen MR) is 356 cm³/mol. The van der Waals surface area contributed by atoms with E-state index < -0.39 is 74.4 Å². The van der Waals surface area contributed by atoms with Crippen LogP contribution >= 0.6 is 15.9 Å². The highest BCUT2D eigenvalue weighted by Crippen LogP contribution is 2.38. The van der Waals surface area contributed by atoms with Gasteiger partial charge in [0.25, 0.3) is 11.8 Å². The number of rotatable bonds is 16. The van der Waals surface area contributed by atoms with Crippen LogP contribution in [0.15, 0.2) is 153 Å². The Morgan fingerprint density at radius 3 is 1.15 bits per heavy atom. The molecule has 0 aliphatic heterocycles. The molecule has 7 aromatic carbocycles. The van der Waals surface area contributed by atoms with Crippen LogP contribution in [0.4, 0.5) is 28.9 Å². The zero-order chi connectivity index (χ0) is 66.7. The molecule has 480 valence electrons. The van der Waals surface area contributed by atoms with Crippen molar-refractivity contribution in [3.05, 3.63) is 209 Å². The lowest BCUT2D eigenvalue weighted by Crippen LogP contribution is -2.41. The van der Waals surface area contributed by atoms with Crippen molar-refractivity contribution in [2.75, 3.05) is 30.5 Å². The van der Waals surface area contributed by atoms with E-state index in [9.17, 15) is 46.6 Å². The van der Waals surface area contributed by atoms with E-state index in [1.54, 1.807) is 69.8 Å². The summed E-state index contributed by atoms with van der Waals surface area (Å²) in [6.45, 7) is 29.4. The first-order valence-electron chi connectivity index (χ1n) is 29.4. The fraction of sp³-hybridized carbons (Fsp3) is 0.309. The van der Waals surface area contributed by atoms with Gasteiger partial charge in [0.2, 0.25) is 0 Å². The minimum atomic E-state index is -1.96. The molecule has 0 atom stereocenters. The van der Waals surface area contributed by atoms with Crippen molar-refractivity contribution in [2.24, 2.45) is 0 Å². The van der Waals surface area contributed by atoms with Gasteiger partial charge in [0.05, 0.1) is 56.0 Å². The van der Waals surface area contributed by atoms with Crippen LogP contribution in [0.2, 0.25) is 36.3 Å². The second kappa shape index (κ2) is 27.7. The van der Waals surface area contributed by atoms with E-state index in [0.717, 1.165) is 73.2 Å². The third kappa shape index (κ3) is 15.6. The average molecular weight is 1350 g/mol. The van der Waals surface area contributed by atoms with Gasteiger partial charge in [-0.1, -0.05) is 93.9 Å². The standard InChI is InChI=1S/C29H32F2N2O4Si.C23H18F2N2O4.C16H24BrNO3Si/c1-18-16-25-24(33(28(35)37-25)14-15-36-38(5,6)29(2,3)4)17-21(18)19-10-12-20(13-11-19)32-27(34)26-22(30)8-7-9-23(26)31;1-13-11-20-19(27(9-10-28)23(30)31-20)12-16(13)14-5-7-15(8-6-14)26-22(29)21-17(24)3-2-4-18(21)25;1-11-9-14-13(10-12(11)17)18(15(19)21-14)7-8-20-22(5,6)16(2,3)4/h7-13,16-17H,14-15H2,1-6H3,(H,32,34);2-8,11-12,28H,9-10H2,1H3,(H,26,29);9-10H,7-8H2,1-6H3. The first kappa shape index (κ1) is 68.7. The smallest absolute Gasteiger partial charge is 0.415 e. The van der Waals surface area contributed by atoms with Crippen molar-refractivity contribution in [3.8, 4) is 22.3 Å². The first-order valence-corrected chi connectivity index (χ1v) is 36.0. The molecule has 3 aromatic heterocycles. The summed E-state index contributed by atoms with van der Waals surface area (Å²) in [5.74, 6) is -6.79. The van der Waals surface area contributed by atoms with Gasteiger partial charge in [-0.3, -0.25) is 23.3 Å². The molecule has 0 spiro atoms. The topological polar surface area (TPSA) is 202 Å². The fourth-order valence-electron chi connectivity index (χ4n) is 9.46. The zero-order valence-electron chi connectivity index (χ0n) is 53.1. The first-order chi connectivity index (χ1) is 42.7. The zero-order valence-corrected chi connectivity index (χ0v) is 56.6. The maximum Gasteiger partial charge on any atom is 0.420 e. The van der Waals surface area contributed by atoms with Crippen LogP contribution in [0, 0.1) is 44.0 Å². The minimum Gasteiger partial charge on any atom is -0.415 e. The molecule has 3 N–H and O–H groups in total. The molecule has 0 aliphatic rings. The molecule has 91 heavy (non-hydrogen) atoms. The van der Waals surface area contributed by atoms with Crippen LogP contribution < -0.4 is 27.9 Å². The Morgan fingerprint density at radius 1 is 0.505 bits per heavy atom. The molecule has 2 amide bonds. The van der Waals surface area contributed by atoms with Crippen LogP contribution in [-0.2, 0) is 28.5 Å². The van der Waals surface area contributed by atoms with Crippen molar-refractivity contribution >= 4 is 89.1 Å². The van der Waals surface area contributed by atoms with E-state index in [0.29, 0.717) is 65.5 Å². The third-order valence-corrected chi connectivity index (χ3v) is 26.7. The van der Waals surface area contributed by atoms with Crippen LogP contribution in [0.5, 0.6) is 0 Å². The summed E-state index contributed by atoms with van der Waals surface area (Å²) in [7, 11) is -3.76. The lowest BCUT2D eigenvalue weighted by molar-refractivity contribution is 0.101. The molecule has 0 saturated carbocycles. The summed E-state index contributed by atoms with van der Waals surface area (Å²) in [6, 6.07) is 31.2. The summed E-state index contributed by atoms with van der Waals surface area (Å²) in [5.41, 5.74) is 9.25. The summed E-state index contributed by atoms with van der Waals surface area (Å²) in [4.78, 5) is 61.3. The fourth-order valence-corrected chi connectivity index (χ4v) is 11.9. The lowest BCUT2D eigenvalue weighted by Gasteiger charge is -2.36. The number of halogens is 5. The molecule has 10 aromatic rings. The second-order valence-corrected chi connectivity index (χ2v) is 35.6. The van der Waals surface area contributed by atoms with Gasteiger partial charge in [-0.25, -0.2) is 31.9 Å². The molecular formula is C68H74BrF4N5O11Si2. The maximum atomic E-state index is 13.9. The van der Waals surface area contributed by atoms with Crippen LogP contribution in [0.25, 0.3) is 55.6 Å². The SMILES string of the molecule is Cc1cc2oc(=O)n(CCO)c2cc1-c1ccc(NC(=O)c2c(F)cccc2F)cc1.Cc1cc2oc(=O)n(CCO[Si](C)(C)C(C)(C)C)c2cc1-c1ccc(NC(=O)c2c(F)cccc2F)cc1.Cc1cc2oc(=O)n(CCO[Si](C)(C)C(C)(C)C)c2cc1Br. The number of nitrogens with zero attached hydrogens (tertiary/aromatic N) is 3. The summed E-state index contributed by atoms with van der Waals surface area (Å²) < 4.78 is 89.5. The summed E-state index contributed by atoms with van der Waals surface area (Å²) >= 11 is 3.50. The monoisotopic (exact) mass is 1350 g/mol. The van der Waals surface area contributed by atoms with Crippen LogP contribution in [0.3, 0.4) is 0 Å².